The van der Waals surface area contributed by atoms with Gasteiger partial charge in [0.25, 0.3) is 0 Å². The lowest BCUT2D eigenvalue weighted by molar-refractivity contribution is -0.120. The van der Waals surface area contributed by atoms with Gasteiger partial charge in [0.05, 0.1) is 17.1 Å². The van der Waals surface area contributed by atoms with Crippen LogP contribution >= 0.6 is 15.9 Å². The number of aryl methyl sites for hydroxylation is 2. The quantitative estimate of drug-likeness (QED) is 0.647. The lowest BCUT2D eigenvalue weighted by atomic mass is 10.0. The molecule has 2 aromatic rings. The molecule has 0 aliphatic heterocycles. The first-order valence-corrected chi connectivity index (χ1v) is 7.61. The van der Waals surface area contributed by atoms with Crippen molar-refractivity contribution in [2.75, 3.05) is 0 Å². The molecule has 2 rings (SSSR count). The predicted molar refractivity (Wildman–Crippen MR) is 91.2 cm³/mol. The van der Waals surface area contributed by atoms with E-state index >= 15 is 0 Å². The molecule has 0 unspecified atom stereocenters. The Balaban J connectivity index is 1.96. The molecular formula is C17H17BrN2O2. The Morgan fingerprint density at radius 2 is 2.05 bits per heavy atom. The van der Waals surface area contributed by atoms with Crippen LogP contribution in [0.5, 0.6) is 5.75 Å². The van der Waals surface area contributed by atoms with Gasteiger partial charge in [-0.1, -0.05) is 23.8 Å². The number of phenolic OH excluding ortho intramolecular Hbond substituents is 1. The Bertz CT molecular complexity index is 727. The number of carbonyl (C=O) groups is 1. The van der Waals surface area contributed by atoms with Gasteiger partial charge in [-0.2, -0.15) is 5.10 Å². The van der Waals surface area contributed by atoms with Crippen LogP contribution in [-0.4, -0.2) is 17.2 Å². The van der Waals surface area contributed by atoms with Crippen molar-refractivity contribution < 1.29 is 9.90 Å². The second-order valence-corrected chi connectivity index (χ2v) is 5.97. The monoisotopic (exact) mass is 360 g/mol. The molecule has 0 saturated carbocycles. The van der Waals surface area contributed by atoms with Gasteiger partial charge in [-0.25, -0.2) is 5.43 Å². The number of aromatic hydroxyl groups is 1. The maximum Gasteiger partial charge on any atom is 0.244 e. The fourth-order valence-corrected chi connectivity index (χ4v) is 2.38. The van der Waals surface area contributed by atoms with Crippen molar-refractivity contribution in [2.45, 2.75) is 20.3 Å². The standard InChI is InChI=1S/C17H17BrN2O2/c1-11-3-4-12(2)14(7-11)9-17(22)20-19-10-13-5-6-16(21)15(18)8-13/h3-8,10,21H,9H2,1-2H3,(H,20,22)/b19-10+. The third-order valence-corrected chi connectivity index (χ3v) is 3.87. The number of benzene rings is 2. The van der Waals surface area contributed by atoms with Gasteiger partial charge in [0.2, 0.25) is 5.91 Å². The highest BCUT2D eigenvalue weighted by atomic mass is 79.9. The van der Waals surface area contributed by atoms with Crippen molar-refractivity contribution >= 4 is 28.1 Å². The molecule has 2 aromatic carbocycles. The number of nitrogens with one attached hydrogen (secondary N) is 1. The van der Waals surface area contributed by atoms with Gasteiger partial charge in [-0.05, 0) is 64.7 Å². The minimum atomic E-state index is -0.164. The van der Waals surface area contributed by atoms with Gasteiger partial charge in [0.15, 0.2) is 0 Å². The number of amides is 1. The lowest BCUT2D eigenvalue weighted by Gasteiger charge is -2.06. The summed E-state index contributed by atoms with van der Waals surface area (Å²) in [6.45, 7) is 3.99. The summed E-state index contributed by atoms with van der Waals surface area (Å²) in [5.41, 5.74) is 6.51. The summed E-state index contributed by atoms with van der Waals surface area (Å²) in [5.74, 6) is -0.00102. The zero-order chi connectivity index (χ0) is 16.1. The zero-order valence-corrected chi connectivity index (χ0v) is 14.0. The fraction of sp³-hybridized carbons (Fsp3) is 0.176. The second kappa shape index (κ2) is 7.22. The number of hydrogen-bond donors (Lipinski definition) is 2. The van der Waals surface area contributed by atoms with Crippen LogP contribution in [0.2, 0.25) is 0 Å². The molecular weight excluding hydrogens is 344 g/mol. The molecule has 0 spiro atoms. The van der Waals surface area contributed by atoms with E-state index in [4.69, 9.17) is 0 Å². The molecule has 0 heterocycles. The van der Waals surface area contributed by atoms with Crippen LogP contribution in [-0.2, 0) is 11.2 Å². The molecule has 1 amide bonds. The Morgan fingerprint density at radius 3 is 2.77 bits per heavy atom. The number of carbonyl (C=O) groups excluding carboxylic acids is 1. The summed E-state index contributed by atoms with van der Waals surface area (Å²) in [7, 11) is 0. The lowest BCUT2D eigenvalue weighted by Crippen LogP contribution is -2.20. The smallest absolute Gasteiger partial charge is 0.244 e. The van der Waals surface area contributed by atoms with Crippen LogP contribution in [0.4, 0.5) is 0 Å². The van der Waals surface area contributed by atoms with Gasteiger partial charge < -0.3 is 5.11 Å². The highest BCUT2D eigenvalue weighted by Crippen LogP contribution is 2.23. The number of hydrogen-bond acceptors (Lipinski definition) is 3. The van der Waals surface area contributed by atoms with E-state index in [2.05, 4.69) is 26.5 Å². The van der Waals surface area contributed by atoms with Gasteiger partial charge in [0, 0.05) is 0 Å². The average Bonchev–Trinajstić information content (AvgIpc) is 2.47. The van der Waals surface area contributed by atoms with Crippen molar-refractivity contribution in [1.29, 1.82) is 0 Å². The van der Waals surface area contributed by atoms with E-state index in [0.29, 0.717) is 10.9 Å². The number of halogens is 1. The largest absolute Gasteiger partial charge is 0.507 e. The molecule has 22 heavy (non-hydrogen) atoms. The normalized spacial score (nSPS) is 10.9. The predicted octanol–water partition coefficient (Wildman–Crippen LogP) is 3.46. The number of hydrazone groups is 1. The first-order chi connectivity index (χ1) is 10.5. The fourth-order valence-electron chi connectivity index (χ4n) is 1.99. The molecule has 0 aliphatic carbocycles. The summed E-state index contributed by atoms with van der Waals surface area (Å²) in [6, 6.07) is 11.0. The molecule has 0 atom stereocenters. The zero-order valence-electron chi connectivity index (χ0n) is 12.4. The van der Waals surface area contributed by atoms with E-state index in [1.807, 2.05) is 32.0 Å². The third kappa shape index (κ3) is 4.43. The van der Waals surface area contributed by atoms with Crippen LogP contribution in [0.3, 0.4) is 0 Å². The van der Waals surface area contributed by atoms with Crippen molar-refractivity contribution in [3.63, 3.8) is 0 Å². The van der Waals surface area contributed by atoms with Gasteiger partial charge in [0.1, 0.15) is 5.75 Å². The molecule has 0 radical (unpaired) electrons. The van der Waals surface area contributed by atoms with Crippen LogP contribution < -0.4 is 5.43 Å². The number of nitrogens with zero attached hydrogens (tertiary/aromatic N) is 1. The number of phenols is 1. The first kappa shape index (κ1) is 16.2. The molecule has 0 bridgehead atoms. The first-order valence-electron chi connectivity index (χ1n) is 6.82. The Morgan fingerprint density at radius 1 is 1.27 bits per heavy atom. The van der Waals surface area contributed by atoms with Crippen molar-refractivity contribution in [3.05, 3.63) is 63.1 Å². The Labute approximate surface area is 138 Å². The highest BCUT2D eigenvalue weighted by Gasteiger charge is 2.05. The van der Waals surface area contributed by atoms with Crippen molar-refractivity contribution in [2.24, 2.45) is 5.10 Å². The van der Waals surface area contributed by atoms with E-state index in [1.54, 1.807) is 18.2 Å². The second-order valence-electron chi connectivity index (χ2n) is 5.11. The van der Waals surface area contributed by atoms with E-state index in [0.717, 1.165) is 22.3 Å². The maximum atomic E-state index is 11.9. The molecule has 0 fully saturated rings. The van der Waals surface area contributed by atoms with Gasteiger partial charge in [-0.3, -0.25) is 4.79 Å². The Kier molecular flexibility index (Phi) is 5.33. The number of rotatable bonds is 4. The minimum absolute atomic E-state index is 0.163. The van der Waals surface area contributed by atoms with Gasteiger partial charge >= 0.3 is 0 Å². The highest BCUT2D eigenvalue weighted by molar-refractivity contribution is 9.10. The molecule has 0 aliphatic rings. The van der Waals surface area contributed by atoms with E-state index < -0.39 is 0 Å². The van der Waals surface area contributed by atoms with Crippen molar-refractivity contribution in [1.82, 2.24) is 5.43 Å². The molecule has 0 aromatic heterocycles. The molecule has 0 saturated heterocycles. The SMILES string of the molecule is Cc1ccc(C)c(CC(=O)N/N=C/c2ccc(O)c(Br)c2)c1. The summed E-state index contributed by atoms with van der Waals surface area (Å²) in [4.78, 5) is 11.9. The molecule has 114 valence electrons. The summed E-state index contributed by atoms with van der Waals surface area (Å²) >= 11 is 3.23. The summed E-state index contributed by atoms with van der Waals surface area (Å²) < 4.78 is 0.582. The summed E-state index contributed by atoms with van der Waals surface area (Å²) in [5, 5.41) is 13.3. The van der Waals surface area contributed by atoms with Crippen LogP contribution in [0.25, 0.3) is 0 Å². The van der Waals surface area contributed by atoms with E-state index in [9.17, 15) is 9.90 Å². The van der Waals surface area contributed by atoms with Crippen LogP contribution in [0, 0.1) is 13.8 Å². The maximum absolute atomic E-state index is 11.9. The van der Waals surface area contributed by atoms with Crippen molar-refractivity contribution in [3.8, 4) is 5.75 Å². The Hall–Kier alpha value is -2.14. The van der Waals surface area contributed by atoms with Crippen LogP contribution in [0.1, 0.15) is 22.3 Å². The topological polar surface area (TPSA) is 61.7 Å². The van der Waals surface area contributed by atoms with E-state index in [1.165, 1.54) is 6.21 Å². The van der Waals surface area contributed by atoms with E-state index in [-0.39, 0.29) is 11.7 Å². The molecule has 2 N–H and O–H groups in total. The van der Waals surface area contributed by atoms with Crippen LogP contribution in [0.15, 0.2) is 46.0 Å². The molecule has 4 nitrogen and oxygen atoms in total. The average molecular weight is 361 g/mol. The summed E-state index contributed by atoms with van der Waals surface area (Å²) in [6.07, 6.45) is 1.83. The van der Waals surface area contributed by atoms with Gasteiger partial charge in [-0.15, -0.1) is 0 Å². The minimum Gasteiger partial charge on any atom is -0.507 e. The third-order valence-electron chi connectivity index (χ3n) is 3.23. The molecule has 5 heteroatoms.